The number of nitrogens with one attached hydrogen (secondary N) is 1. The van der Waals surface area contributed by atoms with Crippen LogP contribution >= 0.6 is 11.8 Å². The molecule has 0 bridgehead atoms. The van der Waals surface area contributed by atoms with E-state index in [1.165, 1.54) is 17.8 Å². The first-order valence-corrected chi connectivity index (χ1v) is 7.38. The van der Waals surface area contributed by atoms with E-state index in [4.69, 9.17) is 0 Å². The molecule has 1 N–H and O–H groups in total. The van der Waals surface area contributed by atoms with Gasteiger partial charge in [0.1, 0.15) is 0 Å². The highest BCUT2D eigenvalue weighted by molar-refractivity contribution is 8.00. The second kappa shape index (κ2) is 5.25. The summed E-state index contributed by atoms with van der Waals surface area (Å²) in [5.41, 5.74) is 2.40. The molecule has 0 spiro atoms. The van der Waals surface area contributed by atoms with E-state index >= 15 is 0 Å². The lowest BCUT2D eigenvalue weighted by molar-refractivity contribution is 0.0979. The predicted octanol–water partition coefficient (Wildman–Crippen LogP) is 2.37. The summed E-state index contributed by atoms with van der Waals surface area (Å²) < 4.78 is 0. The van der Waals surface area contributed by atoms with Crippen LogP contribution in [0.5, 0.6) is 0 Å². The number of hydrogen-bond donors (Lipinski definition) is 1. The Morgan fingerprint density at radius 2 is 2.10 bits per heavy atom. The summed E-state index contributed by atoms with van der Waals surface area (Å²) in [6, 6.07) is 9.16. The van der Waals surface area contributed by atoms with Gasteiger partial charge in [0.05, 0.1) is 5.25 Å². The average Bonchev–Trinajstić information content (AvgIpc) is 2.41. The van der Waals surface area contributed by atoms with E-state index in [2.05, 4.69) is 9.97 Å². The second-order valence-electron chi connectivity index (χ2n) is 4.86. The van der Waals surface area contributed by atoms with Crippen molar-refractivity contribution in [3.8, 4) is 0 Å². The van der Waals surface area contributed by atoms with Crippen molar-refractivity contribution in [3.63, 3.8) is 0 Å². The maximum absolute atomic E-state index is 12.5. The standard InChI is InChI=1S/C15H14N2O2S/c1-9-8-13(18)17-15(16-9)20-12-7-6-10-4-2-3-5-11(10)14(12)19/h2-5,8,12H,6-7H2,1H3,(H,16,17,18)/t12-/m0/s1. The molecule has 0 radical (unpaired) electrons. The summed E-state index contributed by atoms with van der Waals surface area (Å²) in [6.45, 7) is 1.78. The third kappa shape index (κ3) is 2.54. The van der Waals surface area contributed by atoms with Crippen LogP contribution in [0.2, 0.25) is 0 Å². The average molecular weight is 286 g/mol. The first-order valence-electron chi connectivity index (χ1n) is 6.50. The van der Waals surface area contributed by atoms with Gasteiger partial charge in [-0.2, -0.15) is 0 Å². The number of fused-ring (bicyclic) bond motifs is 1. The molecule has 1 aromatic carbocycles. The van der Waals surface area contributed by atoms with Gasteiger partial charge < -0.3 is 4.98 Å². The fourth-order valence-electron chi connectivity index (χ4n) is 2.42. The van der Waals surface area contributed by atoms with Crippen LogP contribution < -0.4 is 5.56 Å². The van der Waals surface area contributed by atoms with Gasteiger partial charge in [-0.25, -0.2) is 4.98 Å². The van der Waals surface area contributed by atoms with Crippen LogP contribution in [-0.2, 0) is 6.42 Å². The topological polar surface area (TPSA) is 62.8 Å². The fraction of sp³-hybridized carbons (Fsp3) is 0.267. The van der Waals surface area contributed by atoms with Gasteiger partial charge in [0.2, 0.25) is 0 Å². The third-order valence-corrected chi connectivity index (χ3v) is 4.50. The molecule has 0 aliphatic heterocycles. The quantitative estimate of drug-likeness (QED) is 0.861. The highest BCUT2D eigenvalue weighted by Crippen LogP contribution is 2.31. The zero-order chi connectivity index (χ0) is 14.1. The molecule has 1 aromatic heterocycles. The molecule has 0 fully saturated rings. The first kappa shape index (κ1) is 13.1. The van der Waals surface area contributed by atoms with Crippen molar-refractivity contribution in [1.82, 2.24) is 9.97 Å². The molecule has 0 saturated heterocycles. The number of nitrogens with zero attached hydrogens (tertiary/aromatic N) is 1. The van der Waals surface area contributed by atoms with Crippen LogP contribution in [0, 0.1) is 6.92 Å². The van der Waals surface area contributed by atoms with Gasteiger partial charge in [-0.15, -0.1) is 0 Å². The van der Waals surface area contributed by atoms with Gasteiger partial charge in [0.15, 0.2) is 10.9 Å². The van der Waals surface area contributed by atoms with Crippen molar-refractivity contribution in [2.75, 3.05) is 0 Å². The van der Waals surface area contributed by atoms with Gasteiger partial charge in [-0.3, -0.25) is 9.59 Å². The highest BCUT2D eigenvalue weighted by atomic mass is 32.2. The number of carbonyl (C=O) groups excluding carboxylic acids is 1. The summed E-state index contributed by atoms with van der Waals surface area (Å²) in [5.74, 6) is 0.126. The Labute approximate surface area is 120 Å². The van der Waals surface area contributed by atoms with Gasteiger partial charge >= 0.3 is 0 Å². The molecule has 4 nitrogen and oxygen atoms in total. The normalized spacial score (nSPS) is 17.9. The Morgan fingerprint density at radius 3 is 2.90 bits per heavy atom. The minimum Gasteiger partial charge on any atom is -0.301 e. The lowest BCUT2D eigenvalue weighted by Gasteiger charge is -2.22. The smallest absolute Gasteiger partial charge is 0.251 e. The van der Waals surface area contributed by atoms with E-state index in [1.54, 1.807) is 6.92 Å². The lowest BCUT2D eigenvalue weighted by Crippen LogP contribution is -2.25. The van der Waals surface area contributed by atoms with E-state index in [0.29, 0.717) is 10.9 Å². The Morgan fingerprint density at radius 1 is 1.30 bits per heavy atom. The molecule has 2 aromatic rings. The molecule has 0 saturated carbocycles. The summed E-state index contributed by atoms with van der Waals surface area (Å²) in [4.78, 5) is 30.8. The monoisotopic (exact) mass is 286 g/mol. The van der Waals surface area contributed by atoms with Gasteiger partial charge in [-0.1, -0.05) is 36.0 Å². The van der Waals surface area contributed by atoms with E-state index in [1.807, 2.05) is 24.3 Å². The predicted molar refractivity (Wildman–Crippen MR) is 78.3 cm³/mol. The zero-order valence-corrected chi connectivity index (χ0v) is 11.9. The van der Waals surface area contributed by atoms with Gasteiger partial charge in [0.25, 0.3) is 5.56 Å². The molecule has 1 heterocycles. The minimum absolute atomic E-state index is 0.126. The van der Waals surface area contributed by atoms with Crippen molar-refractivity contribution in [1.29, 1.82) is 0 Å². The van der Waals surface area contributed by atoms with E-state index in [0.717, 1.165) is 24.0 Å². The summed E-state index contributed by atoms with van der Waals surface area (Å²) >= 11 is 1.35. The number of aromatic amines is 1. The molecule has 3 rings (SSSR count). The van der Waals surface area contributed by atoms with Crippen LogP contribution in [0.15, 0.2) is 40.3 Å². The highest BCUT2D eigenvalue weighted by Gasteiger charge is 2.28. The van der Waals surface area contributed by atoms with E-state index < -0.39 is 0 Å². The van der Waals surface area contributed by atoms with Crippen LogP contribution in [0.4, 0.5) is 0 Å². The van der Waals surface area contributed by atoms with E-state index in [9.17, 15) is 9.59 Å². The number of aromatic nitrogens is 2. The molecular weight excluding hydrogens is 272 g/mol. The zero-order valence-electron chi connectivity index (χ0n) is 11.1. The number of ketones is 1. The second-order valence-corrected chi connectivity index (χ2v) is 6.05. The Hall–Kier alpha value is -1.88. The van der Waals surface area contributed by atoms with Crippen LogP contribution in [-0.4, -0.2) is 21.0 Å². The maximum Gasteiger partial charge on any atom is 0.251 e. The molecular formula is C15H14N2O2S. The number of hydrogen-bond acceptors (Lipinski definition) is 4. The van der Waals surface area contributed by atoms with Crippen LogP contribution in [0.25, 0.3) is 0 Å². The van der Waals surface area contributed by atoms with Crippen molar-refractivity contribution < 1.29 is 4.79 Å². The number of H-pyrrole nitrogens is 1. The summed E-state index contributed by atoms with van der Waals surface area (Å²) in [7, 11) is 0. The fourth-order valence-corrected chi connectivity index (χ4v) is 3.52. The lowest BCUT2D eigenvalue weighted by atomic mass is 9.90. The Kier molecular flexibility index (Phi) is 3.44. The molecule has 1 aliphatic rings. The summed E-state index contributed by atoms with van der Waals surface area (Å²) in [5, 5.41) is 0.350. The Bertz CT molecular complexity index is 724. The number of aryl methyl sites for hydroxylation is 2. The van der Waals surface area contributed by atoms with Crippen molar-refractivity contribution in [2.24, 2.45) is 0 Å². The first-order chi connectivity index (χ1) is 9.63. The molecule has 20 heavy (non-hydrogen) atoms. The number of benzene rings is 1. The third-order valence-electron chi connectivity index (χ3n) is 3.35. The van der Waals surface area contributed by atoms with Crippen LogP contribution in [0.1, 0.15) is 28.0 Å². The molecule has 5 heteroatoms. The Balaban J connectivity index is 1.86. The molecule has 1 aliphatic carbocycles. The largest absolute Gasteiger partial charge is 0.301 e. The molecule has 102 valence electrons. The van der Waals surface area contributed by atoms with E-state index in [-0.39, 0.29) is 16.6 Å². The van der Waals surface area contributed by atoms with Gasteiger partial charge in [0, 0.05) is 17.3 Å². The van der Waals surface area contributed by atoms with Crippen LogP contribution in [0.3, 0.4) is 0 Å². The summed E-state index contributed by atoms with van der Waals surface area (Å²) in [6.07, 6.45) is 1.66. The number of rotatable bonds is 2. The number of thioether (sulfide) groups is 1. The van der Waals surface area contributed by atoms with Gasteiger partial charge in [-0.05, 0) is 25.3 Å². The maximum atomic E-state index is 12.5. The number of Topliss-reactive ketones (excluding diaryl/α,β-unsaturated/α-hetero) is 1. The van der Waals surface area contributed by atoms with Crippen molar-refractivity contribution in [3.05, 3.63) is 57.5 Å². The SMILES string of the molecule is Cc1cc(=O)[nH]c(S[C@H]2CCc3ccccc3C2=O)n1. The minimum atomic E-state index is -0.177. The molecule has 1 atom stereocenters. The molecule has 0 unspecified atom stereocenters. The van der Waals surface area contributed by atoms with Crippen molar-refractivity contribution >= 4 is 17.5 Å². The molecule has 0 amide bonds. The number of carbonyl (C=O) groups is 1. The van der Waals surface area contributed by atoms with Crippen molar-refractivity contribution in [2.45, 2.75) is 30.2 Å².